The second-order valence-electron chi connectivity index (χ2n) is 6.76. The van der Waals surface area contributed by atoms with Crippen molar-refractivity contribution in [1.82, 2.24) is 9.88 Å². The normalized spacial score (nSPS) is 14.7. The molecule has 1 amide bonds. The average molecular weight is 433 g/mol. The van der Waals surface area contributed by atoms with Crippen LogP contribution in [-0.4, -0.2) is 74.7 Å². The molecular formula is C20H24N4O5S. The van der Waals surface area contributed by atoms with Crippen molar-refractivity contribution in [2.75, 3.05) is 57.2 Å². The molecule has 1 saturated heterocycles. The Labute approximate surface area is 178 Å². The molecule has 1 fully saturated rings. The van der Waals surface area contributed by atoms with E-state index in [1.165, 1.54) is 32.4 Å². The molecule has 9 nitrogen and oxygen atoms in total. The van der Waals surface area contributed by atoms with E-state index in [0.717, 1.165) is 37.7 Å². The first-order chi connectivity index (χ1) is 14.5. The van der Waals surface area contributed by atoms with Crippen LogP contribution in [0.25, 0.3) is 0 Å². The molecule has 0 aliphatic carbocycles. The molecule has 0 spiro atoms. The molecule has 0 unspecified atom stereocenters. The van der Waals surface area contributed by atoms with E-state index in [-0.39, 0.29) is 23.6 Å². The summed E-state index contributed by atoms with van der Waals surface area (Å²) in [6, 6.07) is 4.32. The van der Waals surface area contributed by atoms with Crippen molar-refractivity contribution in [1.29, 1.82) is 0 Å². The number of hydrogen-bond donors (Lipinski definition) is 1. The Balaban J connectivity index is 1.64. The van der Waals surface area contributed by atoms with Crippen LogP contribution in [0.15, 0.2) is 29.8 Å². The number of anilines is 2. The summed E-state index contributed by atoms with van der Waals surface area (Å²) in [6.45, 7) is 3.44. The summed E-state index contributed by atoms with van der Waals surface area (Å²) in [5.41, 5.74) is 0.650. The zero-order chi connectivity index (χ0) is 21.5. The first-order valence-electron chi connectivity index (χ1n) is 9.48. The predicted octanol–water partition coefficient (Wildman–Crippen LogP) is 1.87. The predicted molar refractivity (Wildman–Crippen MR) is 113 cm³/mol. The van der Waals surface area contributed by atoms with Gasteiger partial charge in [-0.15, -0.1) is 11.3 Å². The van der Waals surface area contributed by atoms with E-state index in [4.69, 9.17) is 9.47 Å². The van der Waals surface area contributed by atoms with Crippen molar-refractivity contribution < 1.29 is 23.9 Å². The lowest BCUT2D eigenvalue weighted by atomic mass is 10.1. The molecule has 0 radical (unpaired) electrons. The van der Waals surface area contributed by atoms with Gasteiger partial charge in [-0.05, 0) is 24.6 Å². The zero-order valence-corrected chi connectivity index (χ0v) is 17.7. The number of aromatic nitrogens is 1. The number of amides is 1. The molecule has 30 heavy (non-hydrogen) atoms. The van der Waals surface area contributed by atoms with Gasteiger partial charge in [0.15, 0.2) is 5.13 Å². The standard InChI is InChI=1S/C20H24N4O5S/c1-28-18(26)14-10-15(19(27)29-2)12-16(11-14)22-17(25)13-23-5-3-6-24(8-7-23)20-21-4-9-30-20/h4,9-12H,3,5-8,13H2,1-2H3,(H,22,25). The van der Waals surface area contributed by atoms with Gasteiger partial charge in [0, 0.05) is 43.4 Å². The zero-order valence-electron chi connectivity index (χ0n) is 16.9. The smallest absolute Gasteiger partial charge is 0.337 e. The number of ether oxygens (including phenoxy) is 2. The van der Waals surface area contributed by atoms with Gasteiger partial charge in [0.05, 0.1) is 31.9 Å². The Kier molecular flexibility index (Phi) is 7.36. The van der Waals surface area contributed by atoms with Gasteiger partial charge in [-0.25, -0.2) is 14.6 Å². The lowest BCUT2D eigenvalue weighted by Crippen LogP contribution is -2.36. The first-order valence-corrected chi connectivity index (χ1v) is 10.4. The van der Waals surface area contributed by atoms with Crippen LogP contribution in [0.5, 0.6) is 0 Å². The van der Waals surface area contributed by atoms with Gasteiger partial charge in [0.2, 0.25) is 5.91 Å². The Morgan fingerprint density at radius 1 is 1.03 bits per heavy atom. The minimum Gasteiger partial charge on any atom is -0.465 e. The number of methoxy groups -OCH3 is 2. The fraction of sp³-hybridized carbons (Fsp3) is 0.400. The Bertz CT molecular complexity index is 868. The second kappa shape index (κ2) is 10.2. The molecular weight excluding hydrogens is 408 g/mol. The molecule has 0 atom stereocenters. The molecule has 1 aliphatic rings. The minimum atomic E-state index is -0.606. The van der Waals surface area contributed by atoms with Crippen LogP contribution in [0, 0.1) is 0 Å². The summed E-state index contributed by atoms with van der Waals surface area (Å²) >= 11 is 1.61. The van der Waals surface area contributed by atoms with E-state index in [1.807, 2.05) is 5.38 Å². The lowest BCUT2D eigenvalue weighted by Gasteiger charge is -2.21. The molecule has 10 heteroatoms. The van der Waals surface area contributed by atoms with Gasteiger partial charge >= 0.3 is 11.9 Å². The third-order valence-corrected chi connectivity index (χ3v) is 5.54. The number of nitrogens with one attached hydrogen (secondary N) is 1. The topological polar surface area (TPSA) is 101 Å². The molecule has 0 bridgehead atoms. The summed E-state index contributed by atoms with van der Waals surface area (Å²) in [4.78, 5) is 45.0. The molecule has 2 heterocycles. The average Bonchev–Trinajstić information content (AvgIpc) is 3.19. The van der Waals surface area contributed by atoms with Crippen molar-refractivity contribution in [2.45, 2.75) is 6.42 Å². The molecule has 160 valence electrons. The van der Waals surface area contributed by atoms with Crippen molar-refractivity contribution >= 4 is 40.0 Å². The summed E-state index contributed by atoms with van der Waals surface area (Å²) in [5, 5.41) is 5.72. The first kappa shape index (κ1) is 21.7. The summed E-state index contributed by atoms with van der Waals surface area (Å²) in [7, 11) is 2.50. The maximum absolute atomic E-state index is 12.6. The monoisotopic (exact) mass is 432 g/mol. The van der Waals surface area contributed by atoms with Crippen molar-refractivity contribution in [3.05, 3.63) is 40.9 Å². The third kappa shape index (κ3) is 5.55. The number of carbonyl (C=O) groups is 3. The van der Waals surface area contributed by atoms with Crippen LogP contribution in [0.1, 0.15) is 27.1 Å². The lowest BCUT2D eigenvalue weighted by molar-refractivity contribution is -0.117. The molecule has 1 aromatic heterocycles. The van der Waals surface area contributed by atoms with Crippen LogP contribution < -0.4 is 10.2 Å². The fourth-order valence-corrected chi connectivity index (χ4v) is 3.96. The Hall–Kier alpha value is -2.98. The van der Waals surface area contributed by atoms with Crippen molar-refractivity contribution in [3.63, 3.8) is 0 Å². The molecule has 0 saturated carbocycles. The molecule has 1 aromatic carbocycles. The van der Waals surface area contributed by atoms with Gasteiger partial charge in [-0.2, -0.15) is 0 Å². The summed E-state index contributed by atoms with van der Waals surface area (Å²) < 4.78 is 9.44. The number of benzene rings is 1. The van der Waals surface area contributed by atoms with Crippen LogP contribution in [0.2, 0.25) is 0 Å². The van der Waals surface area contributed by atoms with Crippen LogP contribution in [-0.2, 0) is 14.3 Å². The number of rotatable bonds is 6. The highest BCUT2D eigenvalue weighted by Gasteiger charge is 2.20. The van der Waals surface area contributed by atoms with Crippen LogP contribution >= 0.6 is 11.3 Å². The van der Waals surface area contributed by atoms with Gasteiger partial charge in [-0.1, -0.05) is 0 Å². The van der Waals surface area contributed by atoms with Gasteiger partial charge in [0.1, 0.15) is 0 Å². The number of carbonyl (C=O) groups excluding carboxylic acids is 3. The summed E-state index contributed by atoms with van der Waals surface area (Å²) in [6.07, 6.45) is 2.72. The Morgan fingerprint density at radius 2 is 1.73 bits per heavy atom. The largest absolute Gasteiger partial charge is 0.465 e. The van der Waals surface area contributed by atoms with Gasteiger partial charge < -0.3 is 19.7 Å². The van der Waals surface area contributed by atoms with Crippen LogP contribution in [0.3, 0.4) is 0 Å². The molecule has 1 aliphatic heterocycles. The molecule has 3 rings (SSSR count). The maximum Gasteiger partial charge on any atom is 0.337 e. The fourth-order valence-electron chi connectivity index (χ4n) is 3.27. The number of hydrogen-bond acceptors (Lipinski definition) is 9. The van der Waals surface area contributed by atoms with E-state index in [9.17, 15) is 14.4 Å². The van der Waals surface area contributed by atoms with E-state index < -0.39 is 11.9 Å². The maximum atomic E-state index is 12.6. The number of nitrogens with zero attached hydrogens (tertiary/aromatic N) is 3. The highest BCUT2D eigenvalue weighted by Crippen LogP contribution is 2.20. The SMILES string of the molecule is COC(=O)c1cc(NC(=O)CN2CCCN(c3nccs3)CC2)cc(C(=O)OC)c1. The quantitative estimate of drug-likeness (QED) is 0.691. The van der Waals surface area contributed by atoms with E-state index in [1.54, 1.807) is 17.5 Å². The second-order valence-corrected chi connectivity index (χ2v) is 7.63. The highest BCUT2D eigenvalue weighted by molar-refractivity contribution is 7.13. The number of thiazole rings is 1. The molecule has 2 aromatic rings. The molecule has 1 N–H and O–H groups in total. The van der Waals surface area contributed by atoms with Crippen molar-refractivity contribution in [2.24, 2.45) is 0 Å². The van der Waals surface area contributed by atoms with Gasteiger partial charge in [0.25, 0.3) is 0 Å². The van der Waals surface area contributed by atoms with Gasteiger partial charge in [-0.3, -0.25) is 9.69 Å². The minimum absolute atomic E-state index is 0.157. The number of esters is 2. The summed E-state index contributed by atoms with van der Waals surface area (Å²) in [5.74, 6) is -1.44. The van der Waals surface area contributed by atoms with Crippen molar-refractivity contribution in [3.8, 4) is 0 Å². The van der Waals surface area contributed by atoms with E-state index in [0.29, 0.717) is 5.69 Å². The third-order valence-electron chi connectivity index (χ3n) is 4.70. The van der Waals surface area contributed by atoms with Crippen LogP contribution in [0.4, 0.5) is 10.8 Å². The highest BCUT2D eigenvalue weighted by atomic mass is 32.1. The Morgan fingerprint density at radius 3 is 2.33 bits per heavy atom. The van der Waals surface area contributed by atoms with E-state index >= 15 is 0 Å². The van der Waals surface area contributed by atoms with E-state index in [2.05, 4.69) is 20.1 Å².